The van der Waals surface area contributed by atoms with Crippen LogP contribution in [0.25, 0.3) is 10.8 Å². The lowest BCUT2D eigenvalue weighted by Crippen LogP contribution is -2.20. The van der Waals surface area contributed by atoms with Gasteiger partial charge < -0.3 is 33.2 Å². The lowest BCUT2D eigenvalue weighted by atomic mass is 10.1. The maximum Gasteiger partial charge on any atom is 0.237 e. The summed E-state index contributed by atoms with van der Waals surface area (Å²) in [5.74, 6) is 1.40. The lowest BCUT2D eigenvalue weighted by Gasteiger charge is -2.18. The molecule has 30 heavy (non-hydrogen) atoms. The molecule has 2 aromatic carbocycles. The minimum atomic E-state index is -0.430. The Morgan fingerprint density at radius 3 is 2.33 bits per heavy atom. The summed E-state index contributed by atoms with van der Waals surface area (Å²) in [5, 5.41) is 1.97. The molecule has 166 valence electrons. The zero-order chi connectivity index (χ0) is 21.6. The Labute approximate surface area is 178 Å². The Kier molecular flexibility index (Phi) is 11.0. The summed E-state index contributed by atoms with van der Waals surface area (Å²) < 4.78 is 38.4. The molecule has 0 heterocycles. The van der Waals surface area contributed by atoms with E-state index in [0.717, 1.165) is 16.5 Å². The van der Waals surface area contributed by atoms with Crippen molar-refractivity contribution >= 4 is 10.8 Å². The monoisotopic (exact) mass is 420 g/mol. The molecule has 0 aromatic heterocycles. The number of hydrogen-bond acceptors (Lipinski definition) is 7. The van der Waals surface area contributed by atoms with Crippen LogP contribution in [0.5, 0.6) is 11.5 Å². The van der Waals surface area contributed by atoms with Gasteiger partial charge in [0.15, 0.2) is 6.29 Å². The van der Waals surface area contributed by atoms with Gasteiger partial charge in [-0.05, 0) is 30.5 Å². The van der Waals surface area contributed by atoms with E-state index in [1.54, 1.807) is 14.0 Å². The average Bonchev–Trinajstić information content (AvgIpc) is 2.73. The number of fused-ring (bicyclic) bond motifs is 1. The van der Waals surface area contributed by atoms with E-state index >= 15 is 0 Å². The maximum absolute atomic E-state index is 5.99. The van der Waals surface area contributed by atoms with E-state index in [1.165, 1.54) is 6.26 Å². The summed E-state index contributed by atoms with van der Waals surface area (Å²) in [6.45, 7) is 10.3. The molecule has 0 amide bonds. The predicted molar refractivity (Wildman–Crippen MR) is 115 cm³/mol. The highest BCUT2D eigenvalue weighted by Gasteiger charge is 2.10. The molecular weight excluding hydrogens is 388 g/mol. The third-order valence-corrected chi connectivity index (χ3v) is 4.08. The van der Waals surface area contributed by atoms with Crippen LogP contribution in [0, 0.1) is 0 Å². The molecule has 0 saturated heterocycles. The van der Waals surface area contributed by atoms with E-state index in [0.29, 0.717) is 45.4 Å². The molecular formula is C23H32O7. The van der Waals surface area contributed by atoms with Gasteiger partial charge in [-0.1, -0.05) is 24.8 Å². The van der Waals surface area contributed by atoms with Gasteiger partial charge in [-0.15, -0.1) is 0 Å². The van der Waals surface area contributed by atoms with E-state index in [-0.39, 0.29) is 0 Å². The Bertz CT molecular complexity index is 749. The Hall–Kier alpha value is -2.32. The molecule has 0 bridgehead atoms. The fourth-order valence-electron chi connectivity index (χ4n) is 2.70. The van der Waals surface area contributed by atoms with E-state index in [1.807, 2.05) is 43.3 Å². The Balaban J connectivity index is 1.80. The summed E-state index contributed by atoms with van der Waals surface area (Å²) >= 11 is 0. The molecule has 0 aliphatic rings. The number of benzene rings is 2. The fourth-order valence-corrected chi connectivity index (χ4v) is 2.70. The van der Waals surface area contributed by atoms with Gasteiger partial charge in [-0.3, -0.25) is 0 Å². The first kappa shape index (κ1) is 24.0. The lowest BCUT2D eigenvalue weighted by molar-refractivity contribution is -0.0858. The van der Waals surface area contributed by atoms with Gasteiger partial charge in [0, 0.05) is 19.4 Å². The van der Waals surface area contributed by atoms with Crippen LogP contribution < -0.4 is 9.47 Å². The second-order valence-corrected chi connectivity index (χ2v) is 6.40. The highest BCUT2D eigenvalue weighted by molar-refractivity contribution is 5.89. The normalized spacial score (nSPS) is 13.0. The maximum atomic E-state index is 5.99. The molecule has 0 fully saturated rings. The third-order valence-electron chi connectivity index (χ3n) is 4.08. The van der Waals surface area contributed by atoms with Crippen LogP contribution in [0.2, 0.25) is 0 Å². The molecule has 0 aliphatic heterocycles. The molecule has 7 heteroatoms. The minimum Gasteiger partial charge on any atom is -0.465 e. The van der Waals surface area contributed by atoms with Crippen LogP contribution in [-0.2, 0) is 23.7 Å². The van der Waals surface area contributed by atoms with Crippen molar-refractivity contribution in [2.75, 3.05) is 46.8 Å². The molecule has 2 aromatic rings. The van der Waals surface area contributed by atoms with Crippen molar-refractivity contribution in [1.82, 2.24) is 0 Å². The zero-order valence-corrected chi connectivity index (χ0v) is 18.0. The van der Waals surface area contributed by atoms with Gasteiger partial charge >= 0.3 is 0 Å². The van der Waals surface area contributed by atoms with Crippen molar-refractivity contribution in [2.45, 2.75) is 26.4 Å². The number of rotatable bonds is 16. The van der Waals surface area contributed by atoms with Gasteiger partial charge in [0.25, 0.3) is 0 Å². The van der Waals surface area contributed by atoms with Gasteiger partial charge in [-0.2, -0.15) is 0 Å². The second-order valence-electron chi connectivity index (χ2n) is 6.40. The van der Waals surface area contributed by atoms with Gasteiger partial charge in [0.05, 0.1) is 45.9 Å². The minimum absolute atomic E-state index is 0.425. The van der Waals surface area contributed by atoms with Crippen molar-refractivity contribution in [3.63, 3.8) is 0 Å². The summed E-state index contributed by atoms with van der Waals surface area (Å²) in [4.78, 5) is 0. The number of ether oxygens (including phenoxy) is 7. The SMILES string of the molecule is C=COC(C)Oc1ccc2cccc(OC(C)OCCOCCOCCOC)c2c1. The molecule has 0 spiro atoms. The first-order chi connectivity index (χ1) is 14.6. The molecule has 0 N–H and O–H groups in total. The van der Waals surface area contributed by atoms with Crippen LogP contribution in [0.1, 0.15) is 13.8 Å². The van der Waals surface area contributed by atoms with Crippen LogP contribution >= 0.6 is 0 Å². The van der Waals surface area contributed by atoms with Crippen molar-refractivity contribution in [1.29, 1.82) is 0 Å². The zero-order valence-electron chi connectivity index (χ0n) is 18.0. The Morgan fingerprint density at radius 2 is 1.60 bits per heavy atom. The highest BCUT2D eigenvalue weighted by Crippen LogP contribution is 2.30. The number of methoxy groups -OCH3 is 1. The second kappa shape index (κ2) is 13.8. The smallest absolute Gasteiger partial charge is 0.237 e. The first-order valence-electron chi connectivity index (χ1n) is 10.0. The van der Waals surface area contributed by atoms with Crippen LogP contribution in [0.15, 0.2) is 49.2 Å². The molecule has 7 nitrogen and oxygen atoms in total. The molecule has 2 rings (SSSR count). The van der Waals surface area contributed by atoms with Gasteiger partial charge in [-0.25, -0.2) is 0 Å². The summed E-state index contributed by atoms with van der Waals surface area (Å²) in [6, 6.07) is 11.7. The van der Waals surface area contributed by atoms with E-state index in [4.69, 9.17) is 33.2 Å². The standard InChI is InChI=1S/C23H32O7/c1-5-27-18(2)29-21-10-9-20-7-6-8-23(22(20)17-21)30-19(3)28-16-15-26-14-13-25-12-11-24-4/h5-10,17-19H,1,11-16H2,2-4H3. The summed E-state index contributed by atoms with van der Waals surface area (Å²) in [5.41, 5.74) is 0. The van der Waals surface area contributed by atoms with Gasteiger partial charge in [0.2, 0.25) is 6.29 Å². The van der Waals surface area contributed by atoms with Crippen molar-refractivity contribution in [3.05, 3.63) is 49.2 Å². The largest absolute Gasteiger partial charge is 0.465 e. The summed E-state index contributed by atoms with van der Waals surface area (Å²) in [7, 11) is 1.64. The quantitative estimate of drug-likeness (QED) is 0.230. The van der Waals surface area contributed by atoms with Crippen molar-refractivity contribution in [3.8, 4) is 11.5 Å². The van der Waals surface area contributed by atoms with Crippen molar-refractivity contribution < 1.29 is 33.2 Å². The fraction of sp³-hybridized carbons (Fsp3) is 0.478. The van der Waals surface area contributed by atoms with Gasteiger partial charge in [0.1, 0.15) is 11.5 Å². The van der Waals surface area contributed by atoms with E-state index in [2.05, 4.69) is 6.58 Å². The average molecular weight is 421 g/mol. The molecule has 2 atom stereocenters. The topological polar surface area (TPSA) is 64.6 Å². The third kappa shape index (κ3) is 8.59. The first-order valence-corrected chi connectivity index (χ1v) is 10.0. The van der Waals surface area contributed by atoms with Crippen molar-refractivity contribution in [2.24, 2.45) is 0 Å². The van der Waals surface area contributed by atoms with Crippen LogP contribution in [0.4, 0.5) is 0 Å². The predicted octanol–water partition coefficient (Wildman–Crippen LogP) is 4.15. The Morgan fingerprint density at radius 1 is 0.867 bits per heavy atom. The van der Waals surface area contributed by atoms with Crippen LogP contribution in [-0.4, -0.2) is 59.3 Å². The van der Waals surface area contributed by atoms with Crippen LogP contribution in [0.3, 0.4) is 0 Å². The highest BCUT2D eigenvalue weighted by atomic mass is 16.7. The number of hydrogen-bond donors (Lipinski definition) is 0. The molecule has 2 unspecified atom stereocenters. The molecule has 0 saturated carbocycles. The summed E-state index contributed by atoms with van der Waals surface area (Å²) in [6.07, 6.45) is 0.502. The van der Waals surface area contributed by atoms with E-state index < -0.39 is 12.6 Å². The molecule has 0 radical (unpaired) electrons. The molecule has 0 aliphatic carbocycles. The van der Waals surface area contributed by atoms with E-state index in [9.17, 15) is 0 Å².